The summed E-state index contributed by atoms with van der Waals surface area (Å²) in [6.07, 6.45) is 5.39. The minimum Gasteiger partial charge on any atom is -0.444 e. The molecule has 5 amide bonds. The molecule has 5 rings (SSSR count). The molecule has 11 nitrogen and oxygen atoms in total. The van der Waals surface area contributed by atoms with Gasteiger partial charge in [-0.25, -0.2) is 4.79 Å². The predicted molar refractivity (Wildman–Crippen MR) is 223 cm³/mol. The topological polar surface area (TPSA) is 137 Å². The number of carbonyl (C=O) groups is 5. The second-order valence-corrected chi connectivity index (χ2v) is 17.3. The first-order chi connectivity index (χ1) is 27.2. The van der Waals surface area contributed by atoms with Gasteiger partial charge in [0.05, 0.1) is 5.41 Å². The number of unbranched alkanes of at least 4 members (excludes halogenated alkanes) is 2. The number of ether oxygens (including phenoxy) is 1. The third kappa shape index (κ3) is 12.0. The van der Waals surface area contributed by atoms with Gasteiger partial charge in [-0.1, -0.05) is 86.1 Å². The molecule has 11 heteroatoms. The number of rotatable bonds is 15. The van der Waals surface area contributed by atoms with E-state index in [0.29, 0.717) is 84.1 Å². The van der Waals surface area contributed by atoms with Gasteiger partial charge in [0.15, 0.2) is 0 Å². The maximum absolute atomic E-state index is 14.7. The average Bonchev–Trinajstić information content (AvgIpc) is 3.18. The van der Waals surface area contributed by atoms with Crippen molar-refractivity contribution >= 4 is 40.5 Å². The zero-order chi connectivity index (χ0) is 41.1. The highest BCUT2D eigenvalue weighted by Crippen LogP contribution is 2.36. The Balaban J connectivity index is 1.23. The van der Waals surface area contributed by atoms with Gasteiger partial charge < -0.3 is 30.5 Å². The number of piperidine rings is 2. The number of amides is 5. The minimum atomic E-state index is -0.832. The number of alkyl carbamates (subject to hydrolysis) is 1. The number of benzene rings is 3. The zero-order valence-electron chi connectivity index (χ0n) is 34.7. The van der Waals surface area contributed by atoms with Crippen LogP contribution >= 0.6 is 0 Å². The number of carbonyl (C=O) groups excluding carboxylic acids is 5. The van der Waals surface area contributed by atoms with E-state index in [2.05, 4.69) is 28.1 Å². The molecule has 0 spiro atoms. The fourth-order valence-electron chi connectivity index (χ4n) is 8.14. The van der Waals surface area contributed by atoms with E-state index in [0.717, 1.165) is 34.7 Å². The Labute approximate surface area is 338 Å². The smallest absolute Gasteiger partial charge is 0.407 e. The molecule has 3 aromatic carbocycles. The van der Waals surface area contributed by atoms with Gasteiger partial charge in [0.1, 0.15) is 11.6 Å². The Morgan fingerprint density at radius 3 is 2.18 bits per heavy atom. The second kappa shape index (κ2) is 19.5. The van der Waals surface area contributed by atoms with Gasteiger partial charge in [0, 0.05) is 57.5 Å². The predicted octanol–water partition coefficient (Wildman–Crippen LogP) is 6.57. The molecule has 2 fully saturated rings. The Morgan fingerprint density at radius 1 is 0.772 bits per heavy atom. The molecule has 2 aliphatic rings. The summed E-state index contributed by atoms with van der Waals surface area (Å²) in [6.45, 7) is 12.0. The maximum Gasteiger partial charge on any atom is 0.407 e. The number of likely N-dealkylation sites (tertiary alicyclic amines) is 2. The molecule has 0 saturated carbocycles. The third-order valence-corrected chi connectivity index (χ3v) is 11.5. The third-order valence-electron chi connectivity index (χ3n) is 11.5. The molecular formula is C46H63N5O6. The van der Waals surface area contributed by atoms with Gasteiger partial charge in [-0.05, 0) is 94.5 Å². The Bertz CT molecular complexity index is 1850. The van der Waals surface area contributed by atoms with Crippen LogP contribution in [0.25, 0.3) is 10.8 Å². The molecule has 0 radical (unpaired) electrons. The van der Waals surface area contributed by atoms with Gasteiger partial charge in [-0.15, -0.1) is 0 Å². The van der Waals surface area contributed by atoms with E-state index in [1.807, 2.05) is 100 Å². The molecule has 1 unspecified atom stereocenters. The van der Waals surface area contributed by atoms with E-state index in [4.69, 9.17) is 4.74 Å². The number of hydrogen-bond donors (Lipinski definition) is 3. The highest BCUT2D eigenvalue weighted by atomic mass is 16.6. The van der Waals surface area contributed by atoms with Crippen molar-refractivity contribution in [2.45, 2.75) is 110 Å². The van der Waals surface area contributed by atoms with Crippen LogP contribution in [0.4, 0.5) is 4.79 Å². The summed E-state index contributed by atoms with van der Waals surface area (Å²) in [4.78, 5) is 71.4. The summed E-state index contributed by atoms with van der Waals surface area (Å²) in [5.41, 5.74) is -0.104. The fourth-order valence-corrected chi connectivity index (χ4v) is 8.14. The largest absolute Gasteiger partial charge is 0.444 e. The van der Waals surface area contributed by atoms with Crippen molar-refractivity contribution in [1.82, 2.24) is 25.8 Å². The van der Waals surface area contributed by atoms with E-state index in [-0.39, 0.29) is 30.2 Å². The van der Waals surface area contributed by atoms with E-state index >= 15 is 0 Å². The molecule has 3 N–H and O–H groups in total. The Morgan fingerprint density at radius 2 is 1.47 bits per heavy atom. The molecule has 0 aromatic heterocycles. The molecular weight excluding hydrogens is 719 g/mol. The van der Waals surface area contributed by atoms with Gasteiger partial charge >= 0.3 is 6.09 Å². The monoisotopic (exact) mass is 781 g/mol. The number of nitrogens with zero attached hydrogens (tertiary/aromatic N) is 2. The second-order valence-electron chi connectivity index (χ2n) is 17.3. The minimum absolute atomic E-state index is 0.0505. The molecule has 0 aliphatic carbocycles. The summed E-state index contributed by atoms with van der Waals surface area (Å²) < 4.78 is 5.27. The van der Waals surface area contributed by atoms with Crippen molar-refractivity contribution in [3.8, 4) is 0 Å². The van der Waals surface area contributed by atoms with Crippen molar-refractivity contribution in [3.63, 3.8) is 0 Å². The standard InChI is InChI=1S/C46H63N5O6/c1-6-47-42(55)46(32-34-16-9-7-10-17-34)23-15-27-51(33-46)40(53)38(31-35-21-22-36-18-12-13-19-37(36)30-35)49-41(54)45(5)24-28-50(29-25-45)39(52)20-11-8-14-26-48-43(56)57-44(2,3)4/h7,9-10,12-13,16-19,21-22,30,38H,6,8,11,14-15,20,23-29,31-33H2,1-5H3,(H,47,55)(H,48,56)(H,49,54)/t38?,46-/m0/s1. The lowest BCUT2D eigenvalue weighted by Gasteiger charge is -2.43. The van der Waals surface area contributed by atoms with Crippen molar-refractivity contribution in [2.75, 3.05) is 39.3 Å². The lowest BCUT2D eigenvalue weighted by molar-refractivity contribution is -0.146. The molecule has 308 valence electrons. The zero-order valence-corrected chi connectivity index (χ0v) is 34.7. The van der Waals surface area contributed by atoms with E-state index in [1.54, 1.807) is 4.90 Å². The lowest BCUT2D eigenvalue weighted by Crippen LogP contribution is -2.59. The van der Waals surface area contributed by atoms with Crippen LogP contribution < -0.4 is 16.0 Å². The molecule has 2 saturated heterocycles. The Kier molecular flexibility index (Phi) is 14.8. The molecule has 2 atom stereocenters. The molecule has 3 aromatic rings. The molecule has 0 bridgehead atoms. The van der Waals surface area contributed by atoms with Crippen molar-refractivity contribution in [1.29, 1.82) is 0 Å². The van der Waals surface area contributed by atoms with Crippen molar-refractivity contribution < 1.29 is 28.7 Å². The van der Waals surface area contributed by atoms with Crippen LogP contribution in [0.1, 0.15) is 97.1 Å². The summed E-state index contributed by atoms with van der Waals surface area (Å²) in [5, 5.41) is 11.2. The summed E-state index contributed by atoms with van der Waals surface area (Å²) in [5.74, 6) is -0.360. The SMILES string of the molecule is CCNC(=O)[C@]1(Cc2ccccc2)CCCN(C(=O)C(Cc2ccc3ccccc3c2)NC(=O)C2(C)CCN(C(=O)CCCCCNC(=O)OC(C)(C)C)CC2)C1. The molecule has 2 aliphatic heterocycles. The normalized spacial score (nSPS) is 18.7. The van der Waals surface area contributed by atoms with Gasteiger partial charge in [-0.2, -0.15) is 0 Å². The summed E-state index contributed by atoms with van der Waals surface area (Å²) in [6, 6.07) is 23.3. The summed E-state index contributed by atoms with van der Waals surface area (Å²) in [7, 11) is 0. The summed E-state index contributed by atoms with van der Waals surface area (Å²) >= 11 is 0. The number of nitrogens with one attached hydrogen (secondary N) is 3. The maximum atomic E-state index is 14.7. The van der Waals surface area contributed by atoms with E-state index in [1.165, 1.54) is 0 Å². The van der Waals surface area contributed by atoms with Gasteiger partial charge in [0.25, 0.3) is 0 Å². The highest BCUT2D eigenvalue weighted by Gasteiger charge is 2.45. The first kappa shape index (κ1) is 43.2. The first-order valence-corrected chi connectivity index (χ1v) is 20.8. The van der Waals surface area contributed by atoms with Gasteiger partial charge in [0.2, 0.25) is 23.6 Å². The van der Waals surface area contributed by atoms with Crippen LogP contribution in [0, 0.1) is 10.8 Å². The van der Waals surface area contributed by atoms with Crippen LogP contribution in [0.3, 0.4) is 0 Å². The van der Waals surface area contributed by atoms with E-state index in [9.17, 15) is 24.0 Å². The van der Waals surface area contributed by atoms with Crippen LogP contribution in [-0.2, 0) is 36.8 Å². The lowest BCUT2D eigenvalue weighted by atomic mass is 9.74. The number of hydrogen-bond acceptors (Lipinski definition) is 6. The van der Waals surface area contributed by atoms with Crippen LogP contribution in [-0.4, -0.2) is 90.4 Å². The van der Waals surface area contributed by atoms with Crippen molar-refractivity contribution in [2.24, 2.45) is 10.8 Å². The molecule has 2 heterocycles. The van der Waals surface area contributed by atoms with Crippen LogP contribution in [0.15, 0.2) is 72.8 Å². The fraction of sp³-hybridized carbons (Fsp3) is 0.543. The first-order valence-electron chi connectivity index (χ1n) is 20.8. The quantitative estimate of drug-likeness (QED) is 0.149. The van der Waals surface area contributed by atoms with Crippen molar-refractivity contribution in [3.05, 3.63) is 83.9 Å². The van der Waals surface area contributed by atoms with E-state index < -0.39 is 28.6 Å². The Hall–Kier alpha value is -4.93. The van der Waals surface area contributed by atoms with Crippen LogP contribution in [0.2, 0.25) is 0 Å². The van der Waals surface area contributed by atoms with Gasteiger partial charge in [-0.3, -0.25) is 19.2 Å². The average molecular weight is 782 g/mol. The highest BCUT2D eigenvalue weighted by molar-refractivity contribution is 5.92. The molecule has 57 heavy (non-hydrogen) atoms. The number of fused-ring (bicyclic) bond motifs is 1. The van der Waals surface area contributed by atoms with Crippen LogP contribution in [0.5, 0.6) is 0 Å².